The van der Waals surface area contributed by atoms with Crippen molar-refractivity contribution >= 4 is 12.0 Å². The van der Waals surface area contributed by atoms with Crippen LogP contribution in [0.25, 0.3) is 0 Å². The van der Waals surface area contributed by atoms with Gasteiger partial charge in [-0.15, -0.1) is 0 Å². The summed E-state index contributed by atoms with van der Waals surface area (Å²) >= 11 is 0. The van der Waals surface area contributed by atoms with Gasteiger partial charge in [0.15, 0.2) is 0 Å². The molecule has 1 aromatic rings. The van der Waals surface area contributed by atoms with Crippen molar-refractivity contribution in [1.82, 2.24) is 14.9 Å². The number of morpholine rings is 1. The maximum absolute atomic E-state index is 12.1. The third kappa shape index (κ3) is 3.61. The van der Waals surface area contributed by atoms with Crippen LogP contribution in [0, 0.1) is 13.8 Å². The molecule has 3 rings (SSSR count). The van der Waals surface area contributed by atoms with E-state index in [-0.39, 0.29) is 11.7 Å². The van der Waals surface area contributed by atoms with Crippen molar-refractivity contribution in [1.29, 1.82) is 0 Å². The molecule has 2 fully saturated rings. The highest BCUT2D eigenvalue weighted by atomic mass is 16.6. The smallest absolute Gasteiger partial charge is 0.410 e. The Balaban J connectivity index is 1.64. The van der Waals surface area contributed by atoms with E-state index in [2.05, 4.69) is 14.9 Å². The summed E-state index contributed by atoms with van der Waals surface area (Å²) in [6.07, 6.45) is -0.281. The van der Waals surface area contributed by atoms with Gasteiger partial charge in [0, 0.05) is 17.9 Å². The first-order valence-electron chi connectivity index (χ1n) is 8.35. The van der Waals surface area contributed by atoms with Gasteiger partial charge < -0.3 is 19.3 Å². The van der Waals surface area contributed by atoms with E-state index < -0.39 is 5.60 Å². The van der Waals surface area contributed by atoms with Crippen LogP contribution in [0.1, 0.15) is 32.2 Å². The van der Waals surface area contributed by atoms with Gasteiger partial charge in [-0.1, -0.05) is 0 Å². The van der Waals surface area contributed by atoms with Crippen LogP contribution in [-0.4, -0.2) is 64.9 Å². The second kappa shape index (κ2) is 5.88. The van der Waals surface area contributed by atoms with Gasteiger partial charge in [-0.2, -0.15) is 0 Å². The molecule has 7 nitrogen and oxygen atoms in total. The van der Waals surface area contributed by atoms with E-state index in [1.807, 2.05) is 40.7 Å². The zero-order valence-corrected chi connectivity index (χ0v) is 15.1. The lowest BCUT2D eigenvalue weighted by Gasteiger charge is -2.53. The molecular weight excluding hydrogens is 308 g/mol. The second-order valence-corrected chi connectivity index (χ2v) is 7.74. The Morgan fingerprint density at radius 1 is 1.21 bits per heavy atom. The van der Waals surface area contributed by atoms with Crippen LogP contribution < -0.4 is 4.90 Å². The average molecular weight is 334 g/mol. The summed E-state index contributed by atoms with van der Waals surface area (Å²) in [6.45, 7) is 12.7. The van der Waals surface area contributed by atoms with Gasteiger partial charge in [0.1, 0.15) is 11.2 Å². The van der Waals surface area contributed by atoms with Crippen LogP contribution >= 0.6 is 0 Å². The number of aromatic nitrogens is 2. The molecule has 1 aromatic heterocycles. The number of aryl methyl sites for hydroxylation is 2. The van der Waals surface area contributed by atoms with Crippen LogP contribution in [0.4, 0.5) is 10.7 Å². The number of likely N-dealkylation sites (tertiary alicyclic amines) is 1. The van der Waals surface area contributed by atoms with Crippen molar-refractivity contribution in [2.24, 2.45) is 0 Å². The van der Waals surface area contributed by atoms with E-state index in [0.29, 0.717) is 26.2 Å². The molecule has 0 aromatic carbocycles. The van der Waals surface area contributed by atoms with Gasteiger partial charge in [-0.25, -0.2) is 14.8 Å². The number of ether oxygens (including phenoxy) is 2. The molecule has 0 saturated carbocycles. The fourth-order valence-corrected chi connectivity index (χ4v) is 3.16. The summed E-state index contributed by atoms with van der Waals surface area (Å²) in [7, 11) is 0. The summed E-state index contributed by atoms with van der Waals surface area (Å²) in [6, 6.07) is 1.97. The zero-order chi connectivity index (χ0) is 17.5. The van der Waals surface area contributed by atoms with Crippen molar-refractivity contribution in [3.8, 4) is 0 Å². The number of nitrogens with zero attached hydrogens (tertiary/aromatic N) is 4. The molecule has 2 saturated heterocycles. The van der Waals surface area contributed by atoms with Crippen molar-refractivity contribution < 1.29 is 14.3 Å². The minimum atomic E-state index is -0.480. The normalized spacial score (nSPS) is 20.0. The highest BCUT2D eigenvalue weighted by molar-refractivity contribution is 5.69. The summed E-state index contributed by atoms with van der Waals surface area (Å²) in [5.41, 5.74) is 1.10. The first-order valence-corrected chi connectivity index (χ1v) is 8.35. The van der Waals surface area contributed by atoms with Gasteiger partial charge in [-0.3, -0.25) is 0 Å². The fraction of sp³-hybridized carbons (Fsp3) is 0.706. The molecule has 2 aliphatic rings. The molecule has 0 bridgehead atoms. The minimum absolute atomic E-state index is 0.281. The first kappa shape index (κ1) is 17.0. The van der Waals surface area contributed by atoms with Gasteiger partial charge in [0.05, 0.1) is 26.2 Å². The summed E-state index contributed by atoms with van der Waals surface area (Å²) in [4.78, 5) is 25.0. The summed E-state index contributed by atoms with van der Waals surface area (Å²) < 4.78 is 11.4. The number of carbonyl (C=O) groups excluding carboxylic acids is 1. The molecular formula is C17H26N4O3. The van der Waals surface area contributed by atoms with Gasteiger partial charge >= 0.3 is 6.09 Å². The van der Waals surface area contributed by atoms with Gasteiger partial charge in [-0.05, 0) is 40.7 Å². The quantitative estimate of drug-likeness (QED) is 0.782. The van der Waals surface area contributed by atoms with E-state index >= 15 is 0 Å². The van der Waals surface area contributed by atoms with E-state index in [1.165, 1.54) is 0 Å². The third-order valence-electron chi connectivity index (χ3n) is 4.11. The number of anilines is 1. The van der Waals surface area contributed by atoms with Crippen molar-refractivity contribution in [3.63, 3.8) is 0 Å². The summed E-state index contributed by atoms with van der Waals surface area (Å²) in [5.74, 6) is 0.742. The Kier molecular flexibility index (Phi) is 4.15. The van der Waals surface area contributed by atoms with Crippen molar-refractivity contribution in [2.45, 2.75) is 45.8 Å². The zero-order valence-electron chi connectivity index (χ0n) is 15.1. The maximum Gasteiger partial charge on any atom is 0.410 e. The van der Waals surface area contributed by atoms with Crippen LogP contribution in [-0.2, 0) is 9.47 Å². The number of rotatable bonds is 1. The number of amides is 1. The topological polar surface area (TPSA) is 67.8 Å². The standard InChI is InChI=1S/C17H26N4O3/c1-12-8-13(2)19-14(18-12)20-6-7-23-17(9-20)10-21(11-17)15(22)24-16(3,4)5/h8H,6-7,9-11H2,1-5H3. The Hall–Kier alpha value is -1.89. The lowest BCUT2D eigenvalue weighted by atomic mass is 9.92. The molecule has 0 N–H and O–H groups in total. The molecule has 0 atom stereocenters. The first-order chi connectivity index (χ1) is 11.2. The Labute approximate surface area is 143 Å². The van der Waals surface area contributed by atoms with E-state index in [9.17, 15) is 4.79 Å². The van der Waals surface area contributed by atoms with Crippen LogP contribution in [0.3, 0.4) is 0 Å². The number of carbonyl (C=O) groups is 1. The lowest BCUT2D eigenvalue weighted by Crippen LogP contribution is -2.71. The predicted molar refractivity (Wildman–Crippen MR) is 90.2 cm³/mol. The SMILES string of the molecule is Cc1cc(C)nc(N2CCOC3(CN(C(=O)OC(C)(C)C)C3)C2)n1. The third-order valence-corrected chi connectivity index (χ3v) is 4.11. The predicted octanol–water partition coefficient (Wildman–Crippen LogP) is 1.92. The molecule has 3 heterocycles. The molecule has 7 heteroatoms. The molecule has 0 radical (unpaired) electrons. The maximum atomic E-state index is 12.1. The molecule has 1 amide bonds. The highest BCUT2D eigenvalue weighted by Gasteiger charge is 2.50. The Morgan fingerprint density at radius 3 is 2.42 bits per heavy atom. The molecule has 24 heavy (non-hydrogen) atoms. The molecule has 2 aliphatic heterocycles. The Bertz CT molecular complexity index is 615. The van der Waals surface area contributed by atoms with Gasteiger partial charge in [0.2, 0.25) is 5.95 Å². The average Bonchev–Trinajstić information content (AvgIpc) is 2.42. The van der Waals surface area contributed by atoms with Crippen LogP contribution in [0.15, 0.2) is 6.07 Å². The highest BCUT2D eigenvalue weighted by Crippen LogP contribution is 2.31. The van der Waals surface area contributed by atoms with E-state index in [4.69, 9.17) is 9.47 Å². The van der Waals surface area contributed by atoms with E-state index in [1.54, 1.807) is 4.90 Å². The van der Waals surface area contributed by atoms with Crippen molar-refractivity contribution in [3.05, 3.63) is 17.5 Å². The summed E-state index contributed by atoms with van der Waals surface area (Å²) in [5, 5.41) is 0. The molecule has 0 unspecified atom stereocenters. The van der Waals surface area contributed by atoms with Gasteiger partial charge in [0.25, 0.3) is 0 Å². The largest absolute Gasteiger partial charge is 0.444 e. The van der Waals surface area contributed by atoms with Crippen LogP contribution in [0.5, 0.6) is 0 Å². The van der Waals surface area contributed by atoms with E-state index in [0.717, 1.165) is 23.9 Å². The molecule has 1 spiro atoms. The molecule has 132 valence electrons. The molecule has 0 aliphatic carbocycles. The lowest BCUT2D eigenvalue weighted by molar-refractivity contribution is -0.144. The van der Waals surface area contributed by atoms with Crippen LogP contribution in [0.2, 0.25) is 0 Å². The minimum Gasteiger partial charge on any atom is -0.444 e. The Morgan fingerprint density at radius 2 is 1.83 bits per heavy atom. The monoisotopic (exact) mass is 334 g/mol. The number of hydrogen-bond donors (Lipinski definition) is 0. The number of hydrogen-bond acceptors (Lipinski definition) is 6. The second-order valence-electron chi connectivity index (χ2n) is 7.74. The van der Waals surface area contributed by atoms with Crippen molar-refractivity contribution in [2.75, 3.05) is 37.7 Å². The fourth-order valence-electron chi connectivity index (χ4n) is 3.16.